The fourth-order valence-corrected chi connectivity index (χ4v) is 3.00. The van der Waals surface area contributed by atoms with Crippen LogP contribution in [0.2, 0.25) is 10.0 Å². The first-order chi connectivity index (χ1) is 11.1. The number of anilines is 1. The SMILES string of the molecule is O=C(NCc1ccc(Cl)cc1Cl)c1cc(N2CCCC2)ncn1. The number of amides is 1. The van der Waals surface area contributed by atoms with E-state index in [1.54, 1.807) is 24.3 Å². The Kier molecular flexibility index (Phi) is 4.98. The van der Waals surface area contributed by atoms with Gasteiger partial charge >= 0.3 is 0 Å². The highest BCUT2D eigenvalue weighted by atomic mass is 35.5. The number of benzene rings is 1. The molecule has 1 aliphatic heterocycles. The fraction of sp³-hybridized carbons (Fsp3) is 0.312. The van der Waals surface area contributed by atoms with Crippen molar-refractivity contribution in [1.29, 1.82) is 0 Å². The van der Waals surface area contributed by atoms with Crippen LogP contribution >= 0.6 is 23.2 Å². The molecule has 0 spiro atoms. The molecule has 2 heterocycles. The Hall–Kier alpha value is -1.85. The van der Waals surface area contributed by atoms with Gasteiger partial charge in [0.1, 0.15) is 17.8 Å². The van der Waals surface area contributed by atoms with Gasteiger partial charge in [-0.3, -0.25) is 4.79 Å². The average Bonchev–Trinajstić information content (AvgIpc) is 3.08. The predicted molar refractivity (Wildman–Crippen MR) is 91.1 cm³/mol. The molecule has 5 nitrogen and oxygen atoms in total. The van der Waals surface area contributed by atoms with Crippen LogP contribution in [0.5, 0.6) is 0 Å². The molecule has 0 radical (unpaired) electrons. The molecule has 23 heavy (non-hydrogen) atoms. The Balaban J connectivity index is 1.67. The third kappa shape index (κ3) is 3.92. The Morgan fingerprint density at radius 3 is 2.70 bits per heavy atom. The summed E-state index contributed by atoms with van der Waals surface area (Å²) in [6.45, 7) is 2.26. The smallest absolute Gasteiger partial charge is 0.270 e. The van der Waals surface area contributed by atoms with Gasteiger partial charge in [-0.05, 0) is 30.5 Å². The second-order valence-corrected chi connectivity index (χ2v) is 6.22. The maximum atomic E-state index is 12.3. The van der Waals surface area contributed by atoms with Gasteiger partial charge in [-0.1, -0.05) is 29.3 Å². The van der Waals surface area contributed by atoms with E-state index in [-0.39, 0.29) is 5.91 Å². The maximum absolute atomic E-state index is 12.3. The van der Waals surface area contributed by atoms with Gasteiger partial charge in [0.25, 0.3) is 5.91 Å². The molecule has 1 aromatic carbocycles. The number of carbonyl (C=O) groups excluding carboxylic acids is 1. The summed E-state index contributed by atoms with van der Waals surface area (Å²) in [6.07, 6.45) is 3.74. The van der Waals surface area contributed by atoms with E-state index in [1.165, 1.54) is 6.33 Å². The first-order valence-electron chi connectivity index (χ1n) is 7.42. The molecule has 0 bridgehead atoms. The van der Waals surface area contributed by atoms with E-state index in [9.17, 15) is 4.79 Å². The Labute approximate surface area is 144 Å². The zero-order valence-corrected chi connectivity index (χ0v) is 13.9. The molecule has 120 valence electrons. The summed E-state index contributed by atoms with van der Waals surface area (Å²) in [7, 11) is 0. The van der Waals surface area contributed by atoms with Crippen molar-refractivity contribution in [1.82, 2.24) is 15.3 Å². The predicted octanol–water partition coefficient (Wildman–Crippen LogP) is 3.31. The summed E-state index contributed by atoms with van der Waals surface area (Å²) < 4.78 is 0. The highest BCUT2D eigenvalue weighted by Gasteiger charge is 2.16. The zero-order valence-electron chi connectivity index (χ0n) is 12.4. The van der Waals surface area contributed by atoms with Crippen molar-refractivity contribution in [2.24, 2.45) is 0 Å². The molecule has 2 aromatic rings. The zero-order chi connectivity index (χ0) is 16.2. The fourth-order valence-electron chi connectivity index (χ4n) is 2.52. The molecule has 0 saturated carbocycles. The Bertz CT molecular complexity index is 717. The van der Waals surface area contributed by atoms with Crippen molar-refractivity contribution in [3.05, 3.63) is 51.9 Å². The lowest BCUT2D eigenvalue weighted by Gasteiger charge is -2.16. The molecule has 1 aliphatic rings. The van der Waals surface area contributed by atoms with Crippen molar-refractivity contribution in [2.75, 3.05) is 18.0 Å². The van der Waals surface area contributed by atoms with Gasteiger partial charge in [0.2, 0.25) is 0 Å². The molecule has 1 fully saturated rings. The number of hydrogen-bond donors (Lipinski definition) is 1. The highest BCUT2D eigenvalue weighted by molar-refractivity contribution is 6.35. The maximum Gasteiger partial charge on any atom is 0.270 e. The van der Waals surface area contributed by atoms with E-state index >= 15 is 0 Å². The molecule has 1 saturated heterocycles. The number of nitrogens with one attached hydrogen (secondary N) is 1. The van der Waals surface area contributed by atoms with Crippen LogP contribution in [0.4, 0.5) is 5.82 Å². The van der Waals surface area contributed by atoms with Crippen LogP contribution in [0.25, 0.3) is 0 Å². The van der Waals surface area contributed by atoms with Crippen molar-refractivity contribution < 1.29 is 4.79 Å². The number of hydrogen-bond acceptors (Lipinski definition) is 4. The molecular formula is C16H16Cl2N4O. The molecule has 0 aliphatic carbocycles. The second-order valence-electron chi connectivity index (χ2n) is 5.37. The molecule has 0 atom stereocenters. The van der Waals surface area contributed by atoms with Gasteiger partial charge in [-0.15, -0.1) is 0 Å². The standard InChI is InChI=1S/C16H16Cl2N4O/c17-12-4-3-11(13(18)7-12)9-19-16(23)14-8-15(21-10-20-14)22-5-1-2-6-22/h3-4,7-8,10H,1-2,5-6,9H2,(H,19,23). The minimum atomic E-state index is -0.251. The lowest BCUT2D eigenvalue weighted by molar-refractivity contribution is 0.0946. The third-order valence-corrected chi connectivity index (χ3v) is 4.36. The van der Waals surface area contributed by atoms with Gasteiger partial charge < -0.3 is 10.2 Å². The third-order valence-electron chi connectivity index (χ3n) is 3.77. The lowest BCUT2D eigenvalue weighted by Crippen LogP contribution is -2.25. The molecular weight excluding hydrogens is 335 g/mol. The summed E-state index contributed by atoms with van der Waals surface area (Å²) in [5.41, 5.74) is 1.16. The minimum absolute atomic E-state index is 0.251. The van der Waals surface area contributed by atoms with E-state index in [2.05, 4.69) is 20.2 Å². The van der Waals surface area contributed by atoms with Gasteiger partial charge in [0.15, 0.2) is 0 Å². The number of halogens is 2. The molecule has 0 unspecified atom stereocenters. The number of aromatic nitrogens is 2. The minimum Gasteiger partial charge on any atom is -0.357 e. The summed E-state index contributed by atoms with van der Waals surface area (Å²) in [5.74, 6) is 0.547. The first-order valence-corrected chi connectivity index (χ1v) is 8.18. The normalized spacial score (nSPS) is 14.1. The van der Waals surface area contributed by atoms with Crippen LogP contribution in [0.15, 0.2) is 30.6 Å². The molecule has 7 heteroatoms. The lowest BCUT2D eigenvalue weighted by atomic mass is 10.2. The van der Waals surface area contributed by atoms with Gasteiger partial charge in [0, 0.05) is 35.7 Å². The molecule has 1 N–H and O–H groups in total. The first kappa shape index (κ1) is 16.0. The molecule has 1 aromatic heterocycles. The van der Waals surface area contributed by atoms with Crippen LogP contribution in [0, 0.1) is 0 Å². The van der Waals surface area contributed by atoms with E-state index in [0.717, 1.165) is 37.3 Å². The molecule has 3 rings (SSSR count). The monoisotopic (exact) mass is 350 g/mol. The Morgan fingerprint density at radius 2 is 1.96 bits per heavy atom. The van der Waals surface area contributed by atoms with E-state index in [1.807, 2.05) is 0 Å². The summed E-state index contributed by atoms with van der Waals surface area (Å²) in [4.78, 5) is 22.7. The quantitative estimate of drug-likeness (QED) is 0.918. The topological polar surface area (TPSA) is 58.1 Å². The van der Waals surface area contributed by atoms with E-state index < -0.39 is 0 Å². The largest absolute Gasteiger partial charge is 0.357 e. The number of nitrogens with zero attached hydrogens (tertiary/aromatic N) is 3. The van der Waals surface area contributed by atoms with Crippen molar-refractivity contribution >= 4 is 34.9 Å². The average molecular weight is 351 g/mol. The highest BCUT2D eigenvalue weighted by Crippen LogP contribution is 2.21. The van der Waals surface area contributed by atoms with Crippen molar-refractivity contribution in [3.63, 3.8) is 0 Å². The van der Waals surface area contributed by atoms with Gasteiger partial charge in [-0.25, -0.2) is 9.97 Å². The second kappa shape index (κ2) is 7.15. The number of rotatable bonds is 4. The van der Waals surface area contributed by atoms with E-state index in [4.69, 9.17) is 23.2 Å². The van der Waals surface area contributed by atoms with Gasteiger partial charge in [0.05, 0.1) is 0 Å². The summed E-state index contributed by atoms with van der Waals surface area (Å²) in [5, 5.41) is 3.91. The van der Waals surface area contributed by atoms with Crippen LogP contribution in [0.1, 0.15) is 28.9 Å². The van der Waals surface area contributed by atoms with Crippen LogP contribution < -0.4 is 10.2 Å². The van der Waals surface area contributed by atoms with E-state index in [0.29, 0.717) is 22.3 Å². The van der Waals surface area contributed by atoms with Crippen molar-refractivity contribution in [3.8, 4) is 0 Å². The van der Waals surface area contributed by atoms with Crippen LogP contribution in [-0.4, -0.2) is 29.0 Å². The number of carbonyl (C=O) groups is 1. The summed E-state index contributed by atoms with van der Waals surface area (Å²) >= 11 is 12.0. The van der Waals surface area contributed by atoms with Crippen molar-refractivity contribution in [2.45, 2.75) is 19.4 Å². The summed E-state index contributed by atoms with van der Waals surface area (Å²) in [6, 6.07) is 6.91. The Morgan fingerprint density at radius 1 is 1.17 bits per heavy atom. The molecule has 1 amide bonds. The van der Waals surface area contributed by atoms with Crippen LogP contribution in [-0.2, 0) is 6.54 Å². The van der Waals surface area contributed by atoms with Gasteiger partial charge in [-0.2, -0.15) is 0 Å². The van der Waals surface area contributed by atoms with Crippen LogP contribution in [0.3, 0.4) is 0 Å².